The maximum atomic E-state index is 13.4. The summed E-state index contributed by atoms with van der Waals surface area (Å²) in [6, 6.07) is 3.05. The van der Waals surface area contributed by atoms with Gasteiger partial charge >= 0.3 is 0 Å². The number of fused-ring (bicyclic) bond motifs is 1. The molecule has 0 unspecified atom stereocenters. The predicted molar refractivity (Wildman–Crippen MR) is 53.8 cm³/mol. The molecule has 0 bridgehead atoms. The summed E-state index contributed by atoms with van der Waals surface area (Å²) in [6.07, 6.45) is 0.731. The van der Waals surface area contributed by atoms with Gasteiger partial charge in [0.25, 0.3) is 0 Å². The summed E-state index contributed by atoms with van der Waals surface area (Å²) in [7, 11) is 0. The van der Waals surface area contributed by atoms with E-state index in [1.165, 1.54) is 6.07 Å². The molecule has 0 spiro atoms. The van der Waals surface area contributed by atoms with Crippen molar-refractivity contribution in [2.75, 3.05) is 6.61 Å². The van der Waals surface area contributed by atoms with Crippen LogP contribution < -0.4 is 4.74 Å². The minimum Gasteiger partial charge on any atom is -0.490 e. The second-order valence-electron chi connectivity index (χ2n) is 3.31. The van der Waals surface area contributed by atoms with Crippen molar-refractivity contribution in [3.05, 3.63) is 28.0 Å². The van der Waals surface area contributed by atoms with Crippen molar-refractivity contribution in [1.29, 1.82) is 0 Å². The lowest BCUT2D eigenvalue weighted by molar-refractivity contribution is 0.167. The molecule has 1 N–H and O–H groups in total. The number of halogens is 2. The SMILES string of the molecule is O[C@@H]1CCCOc2c(F)cc(Br)cc21. The van der Waals surface area contributed by atoms with Gasteiger partial charge < -0.3 is 9.84 Å². The number of hydrogen-bond acceptors (Lipinski definition) is 2. The standard InChI is InChI=1S/C10H10BrFO2/c11-6-4-7-9(13)2-1-3-14-10(7)8(12)5-6/h4-5,9,13H,1-3H2/t9-/m1/s1. The minimum absolute atomic E-state index is 0.193. The van der Waals surface area contributed by atoms with Crippen LogP contribution >= 0.6 is 15.9 Å². The molecule has 0 saturated carbocycles. The highest BCUT2D eigenvalue weighted by atomic mass is 79.9. The fourth-order valence-electron chi connectivity index (χ4n) is 1.59. The van der Waals surface area contributed by atoms with Gasteiger partial charge in [-0.1, -0.05) is 15.9 Å². The Labute approximate surface area is 89.8 Å². The highest BCUT2D eigenvalue weighted by Gasteiger charge is 2.21. The van der Waals surface area contributed by atoms with Gasteiger partial charge in [-0.3, -0.25) is 0 Å². The molecule has 0 aromatic heterocycles. The quantitative estimate of drug-likeness (QED) is 0.778. The third-order valence-corrected chi connectivity index (χ3v) is 2.72. The van der Waals surface area contributed by atoms with E-state index in [-0.39, 0.29) is 5.75 Å². The maximum absolute atomic E-state index is 13.4. The van der Waals surface area contributed by atoms with E-state index in [0.717, 1.165) is 6.42 Å². The second-order valence-corrected chi connectivity index (χ2v) is 4.23. The first kappa shape index (κ1) is 9.93. The minimum atomic E-state index is -0.625. The van der Waals surface area contributed by atoms with Crippen LogP contribution in [-0.4, -0.2) is 11.7 Å². The van der Waals surface area contributed by atoms with E-state index >= 15 is 0 Å². The summed E-state index contributed by atoms with van der Waals surface area (Å²) in [5.74, 6) is -0.228. The van der Waals surface area contributed by atoms with Gasteiger partial charge in [0.1, 0.15) is 0 Å². The summed E-state index contributed by atoms with van der Waals surface area (Å²) < 4.78 is 19.3. The Bertz CT molecular complexity index is 354. The smallest absolute Gasteiger partial charge is 0.166 e. The van der Waals surface area contributed by atoms with Crippen LogP contribution in [0.5, 0.6) is 5.75 Å². The van der Waals surface area contributed by atoms with E-state index in [9.17, 15) is 9.50 Å². The molecule has 0 saturated heterocycles. The summed E-state index contributed by atoms with van der Waals surface area (Å²) in [5, 5.41) is 9.72. The normalized spacial score (nSPS) is 20.9. The fraction of sp³-hybridized carbons (Fsp3) is 0.400. The molecule has 1 atom stereocenters. The van der Waals surface area contributed by atoms with Gasteiger partial charge in [0, 0.05) is 10.0 Å². The average Bonchev–Trinajstić information content (AvgIpc) is 2.29. The first-order valence-corrected chi connectivity index (χ1v) is 5.27. The van der Waals surface area contributed by atoms with Crippen molar-refractivity contribution >= 4 is 15.9 Å². The number of benzene rings is 1. The van der Waals surface area contributed by atoms with Gasteiger partial charge in [0.15, 0.2) is 11.6 Å². The first-order chi connectivity index (χ1) is 6.68. The van der Waals surface area contributed by atoms with Crippen LogP contribution in [0.1, 0.15) is 24.5 Å². The van der Waals surface area contributed by atoms with Crippen LogP contribution in [0, 0.1) is 5.82 Å². The zero-order valence-corrected chi connectivity index (χ0v) is 9.05. The Morgan fingerprint density at radius 2 is 2.29 bits per heavy atom. The number of aliphatic hydroxyl groups excluding tert-OH is 1. The lowest BCUT2D eigenvalue weighted by Crippen LogP contribution is -1.99. The van der Waals surface area contributed by atoms with E-state index in [4.69, 9.17) is 4.74 Å². The third kappa shape index (κ3) is 1.77. The summed E-state index contributed by atoms with van der Waals surface area (Å²) in [6.45, 7) is 0.461. The van der Waals surface area contributed by atoms with Gasteiger partial charge in [-0.2, -0.15) is 0 Å². The second kappa shape index (κ2) is 3.87. The Hall–Kier alpha value is -0.610. The average molecular weight is 261 g/mol. The zero-order valence-electron chi connectivity index (χ0n) is 7.46. The molecule has 14 heavy (non-hydrogen) atoms. The lowest BCUT2D eigenvalue weighted by atomic mass is 10.1. The van der Waals surface area contributed by atoms with Crippen molar-refractivity contribution in [3.63, 3.8) is 0 Å². The summed E-state index contributed by atoms with van der Waals surface area (Å²) in [5.41, 5.74) is 0.536. The molecule has 2 rings (SSSR count). The third-order valence-electron chi connectivity index (χ3n) is 2.26. The molecule has 0 aliphatic carbocycles. The molecule has 1 aliphatic heterocycles. The molecule has 0 amide bonds. The highest BCUT2D eigenvalue weighted by molar-refractivity contribution is 9.10. The zero-order chi connectivity index (χ0) is 10.1. The molecular weight excluding hydrogens is 251 g/mol. The molecule has 0 radical (unpaired) electrons. The van der Waals surface area contributed by atoms with Crippen molar-refractivity contribution < 1.29 is 14.2 Å². The molecule has 1 aromatic rings. The van der Waals surface area contributed by atoms with E-state index in [1.807, 2.05) is 0 Å². The largest absolute Gasteiger partial charge is 0.490 e. The van der Waals surface area contributed by atoms with Gasteiger partial charge in [-0.25, -0.2) is 4.39 Å². The van der Waals surface area contributed by atoms with Crippen molar-refractivity contribution in [2.24, 2.45) is 0 Å². The van der Waals surface area contributed by atoms with Crippen molar-refractivity contribution in [2.45, 2.75) is 18.9 Å². The number of aliphatic hydroxyl groups is 1. The van der Waals surface area contributed by atoms with Gasteiger partial charge in [-0.15, -0.1) is 0 Å². The van der Waals surface area contributed by atoms with E-state index in [2.05, 4.69) is 15.9 Å². The molecule has 2 nitrogen and oxygen atoms in total. The number of rotatable bonds is 0. The van der Waals surface area contributed by atoms with Crippen LogP contribution in [0.15, 0.2) is 16.6 Å². The van der Waals surface area contributed by atoms with Gasteiger partial charge in [0.05, 0.1) is 12.7 Å². The Balaban J connectivity index is 2.53. The summed E-state index contributed by atoms with van der Waals surface area (Å²) in [4.78, 5) is 0. The van der Waals surface area contributed by atoms with Crippen molar-refractivity contribution in [1.82, 2.24) is 0 Å². The molecule has 1 aromatic carbocycles. The lowest BCUT2D eigenvalue weighted by Gasteiger charge is -2.11. The molecule has 76 valence electrons. The van der Waals surface area contributed by atoms with E-state index < -0.39 is 11.9 Å². The Kier molecular flexibility index (Phi) is 2.74. The molecule has 1 aliphatic rings. The van der Waals surface area contributed by atoms with Crippen LogP contribution in [0.2, 0.25) is 0 Å². The molecular formula is C10H10BrFO2. The summed E-state index contributed by atoms with van der Waals surface area (Å²) >= 11 is 3.19. The van der Waals surface area contributed by atoms with E-state index in [1.54, 1.807) is 6.07 Å². The Morgan fingerprint density at radius 3 is 3.07 bits per heavy atom. The maximum Gasteiger partial charge on any atom is 0.166 e. The number of hydrogen-bond donors (Lipinski definition) is 1. The predicted octanol–water partition coefficient (Wildman–Crippen LogP) is 2.79. The van der Waals surface area contributed by atoms with Gasteiger partial charge in [-0.05, 0) is 25.0 Å². The monoisotopic (exact) mass is 260 g/mol. The van der Waals surface area contributed by atoms with Crippen LogP contribution in [0.4, 0.5) is 4.39 Å². The molecule has 1 heterocycles. The Morgan fingerprint density at radius 1 is 1.50 bits per heavy atom. The number of ether oxygens (including phenoxy) is 1. The van der Waals surface area contributed by atoms with Crippen LogP contribution in [0.3, 0.4) is 0 Å². The fourth-order valence-corrected chi connectivity index (χ4v) is 2.03. The molecule has 0 fully saturated rings. The topological polar surface area (TPSA) is 29.5 Å². The molecule has 4 heteroatoms. The van der Waals surface area contributed by atoms with Gasteiger partial charge in [0.2, 0.25) is 0 Å². The van der Waals surface area contributed by atoms with Crippen LogP contribution in [-0.2, 0) is 0 Å². The highest BCUT2D eigenvalue weighted by Crippen LogP contribution is 2.35. The first-order valence-electron chi connectivity index (χ1n) is 4.48. The van der Waals surface area contributed by atoms with E-state index in [0.29, 0.717) is 23.1 Å². The van der Waals surface area contributed by atoms with Crippen molar-refractivity contribution in [3.8, 4) is 5.75 Å². The van der Waals surface area contributed by atoms with Crippen LogP contribution in [0.25, 0.3) is 0 Å².